The molecule has 0 spiro atoms. The highest BCUT2D eigenvalue weighted by Crippen LogP contribution is 2.20. The molecule has 2 N–H and O–H groups in total. The fourth-order valence-electron chi connectivity index (χ4n) is 2.12. The quantitative estimate of drug-likeness (QED) is 0.868. The predicted molar refractivity (Wildman–Crippen MR) is 82.7 cm³/mol. The van der Waals surface area contributed by atoms with Crippen LogP contribution in [0.5, 0.6) is 0 Å². The highest BCUT2D eigenvalue weighted by molar-refractivity contribution is 9.10. The lowest BCUT2D eigenvalue weighted by Gasteiger charge is -2.11. The van der Waals surface area contributed by atoms with Gasteiger partial charge >= 0.3 is 6.03 Å². The van der Waals surface area contributed by atoms with Gasteiger partial charge in [0, 0.05) is 16.7 Å². The third kappa shape index (κ3) is 4.21. The molecule has 1 saturated heterocycles. The van der Waals surface area contributed by atoms with Gasteiger partial charge in [-0.25, -0.2) is 13.2 Å². The van der Waals surface area contributed by atoms with Crippen LogP contribution in [-0.2, 0) is 9.84 Å². The van der Waals surface area contributed by atoms with Gasteiger partial charge in [0.05, 0.1) is 11.5 Å². The summed E-state index contributed by atoms with van der Waals surface area (Å²) in [5.74, 6) is 0.422. The van der Waals surface area contributed by atoms with E-state index in [0.717, 1.165) is 10.0 Å². The van der Waals surface area contributed by atoms with Crippen molar-refractivity contribution in [3.63, 3.8) is 0 Å². The topological polar surface area (TPSA) is 75.3 Å². The maximum absolute atomic E-state index is 11.7. The number of halogens is 1. The van der Waals surface area contributed by atoms with Crippen molar-refractivity contribution in [2.45, 2.75) is 13.3 Å². The van der Waals surface area contributed by atoms with E-state index in [1.54, 1.807) is 0 Å². The Kier molecular flexibility index (Phi) is 4.70. The van der Waals surface area contributed by atoms with Crippen LogP contribution in [0.2, 0.25) is 0 Å². The van der Waals surface area contributed by atoms with Crippen molar-refractivity contribution in [2.24, 2.45) is 5.92 Å². The molecule has 1 aromatic rings. The van der Waals surface area contributed by atoms with Gasteiger partial charge in [-0.2, -0.15) is 0 Å². The number of urea groups is 1. The largest absolute Gasteiger partial charge is 0.338 e. The maximum Gasteiger partial charge on any atom is 0.319 e. The third-order valence-electron chi connectivity index (χ3n) is 3.31. The Morgan fingerprint density at radius 1 is 1.45 bits per heavy atom. The number of benzene rings is 1. The Morgan fingerprint density at radius 2 is 2.20 bits per heavy atom. The molecular formula is C13H17BrN2O3S. The number of carbonyl (C=O) groups is 1. The number of hydrogen-bond acceptors (Lipinski definition) is 3. The minimum absolute atomic E-state index is 0.0236. The van der Waals surface area contributed by atoms with Crippen LogP contribution in [0, 0.1) is 12.8 Å². The number of sulfone groups is 1. The fourth-order valence-corrected chi connectivity index (χ4v) is 4.36. The Balaban J connectivity index is 1.82. The highest BCUT2D eigenvalue weighted by atomic mass is 79.9. The van der Waals surface area contributed by atoms with Crippen LogP contribution in [0.3, 0.4) is 0 Å². The number of carbonyl (C=O) groups excluding carboxylic acids is 1. The summed E-state index contributed by atoms with van der Waals surface area (Å²) < 4.78 is 23.6. The molecule has 0 aromatic heterocycles. The van der Waals surface area contributed by atoms with Crippen LogP contribution in [0.15, 0.2) is 22.7 Å². The van der Waals surface area contributed by atoms with E-state index < -0.39 is 9.84 Å². The van der Waals surface area contributed by atoms with E-state index in [9.17, 15) is 13.2 Å². The van der Waals surface area contributed by atoms with Gasteiger partial charge in [0.25, 0.3) is 0 Å². The number of aryl methyl sites for hydroxylation is 1. The molecule has 0 aliphatic carbocycles. The molecule has 20 heavy (non-hydrogen) atoms. The van der Waals surface area contributed by atoms with E-state index >= 15 is 0 Å². The van der Waals surface area contributed by atoms with Gasteiger partial charge in [-0.3, -0.25) is 0 Å². The molecular weight excluding hydrogens is 344 g/mol. The van der Waals surface area contributed by atoms with E-state index in [1.165, 1.54) is 0 Å². The molecule has 1 aliphatic heterocycles. The predicted octanol–water partition coefficient (Wildman–Crippen LogP) is 2.31. The standard InChI is InChI=1S/C13H17BrN2O3S/c1-9-2-3-11(6-12(9)14)16-13(17)15-7-10-4-5-20(18,19)8-10/h2-3,6,10H,4-5,7-8H2,1H3,(H2,15,16,17). The monoisotopic (exact) mass is 360 g/mol. The van der Waals surface area contributed by atoms with Crippen molar-refractivity contribution >= 4 is 37.5 Å². The third-order valence-corrected chi connectivity index (χ3v) is 6.00. The summed E-state index contributed by atoms with van der Waals surface area (Å²) in [7, 11) is -2.89. The van der Waals surface area contributed by atoms with Crippen LogP contribution in [-0.4, -0.2) is 32.5 Å². The summed E-state index contributed by atoms with van der Waals surface area (Å²) in [4.78, 5) is 11.7. The van der Waals surface area contributed by atoms with Crippen molar-refractivity contribution in [2.75, 3.05) is 23.4 Å². The SMILES string of the molecule is Cc1ccc(NC(=O)NCC2CCS(=O)(=O)C2)cc1Br. The molecule has 2 rings (SSSR count). The van der Waals surface area contributed by atoms with Gasteiger partial charge in [-0.15, -0.1) is 0 Å². The molecule has 7 heteroatoms. The summed E-state index contributed by atoms with van der Waals surface area (Å²) in [6.07, 6.45) is 0.624. The molecule has 1 atom stereocenters. The van der Waals surface area contributed by atoms with Gasteiger partial charge in [0.1, 0.15) is 0 Å². The molecule has 0 saturated carbocycles. The first-order chi connectivity index (χ1) is 9.35. The minimum Gasteiger partial charge on any atom is -0.338 e. The second kappa shape index (κ2) is 6.13. The Labute approximate surface area is 127 Å². The van der Waals surface area contributed by atoms with E-state index in [-0.39, 0.29) is 23.5 Å². The van der Waals surface area contributed by atoms with Gasteiger partial charge in [-0.1, -0.05) is 22.0 Å². The summed E-state index contributed by atoms with van der Waals surface area (Å²) in [6, 6.07) is 5.24. The van der Waals surface area contributed by atoms with E-state index in [4.69, 9.17) is 0 Å². The van der Waals surface area contributed by atoms with Crippen LogP contribution in [0.25, 0.3) is 0 Å². The van der Waals surface area contributed by atoms with E-state index in [2.05, 4.69) is 26.6 Å². The smallest absolute Gasteiger partial charge is 0.319 e. The summed E-state index contributed by atoms with van der Waals surface area (Å²) >= 11 is 3.40. The number of amides is 2. The molecule has 110 valence electrons. The molecule has 0 radical (unpaired) electrons. The Hall–Kier alpha value is -1.08. The zero-order valence-corrected chi connectivity index (χ0v) is 13.6. The Morgan fingerprint density at radius 3 is 2.80 bits per heavy atom. The normalized spacial score (nSPS) is 20.6. The highest BCUT2D eigenvalue weighted by Gasteiger charge is 2.27. The minimum atomic E-state index is -2.89. The maximum atomic E-state index is 11.7. The molecule has 1 unspecified atom stereocenters. The first kappa shape index (κ1) is 15.3. The van der Waals surface area contributed by atoms with Crippen molar-refractivity contribution in [3.8, 4) is 0 Å². The second-order valence-corrected chi connectivity index (χ2v) is 8.15. The molecule has 1 heterocycles. The zero-order chi connectivity index (χ0) is 14.8. The molecule has 1 aromatic carbocycles. The number of rotatable bonds is 3. The number of hydrogen-bond donors (Lipinski definition) is 2. The fraction of sp³-hybridized carbons (Fsp3) is 0.462. The average Bonchev–Trinajstić information content (AvgIpc) is 2.71. The molecule has 0 bridgehead atoms. The van der Waals surface area contributed by atoms with Crippen LogP contribution < -0.4 is 10.6 Å². The van der Waals surface area contributed by atoms with Crippen molar-refractivity contribution in [3.05, 3.63) is 28.2 Å². The summed E-state index contributed by atoms with van der Waals surface area (Å²) in [5, 5.41) is 5.44. The lowest BCUT2D eigenvalue weighted by Crippen LogP contribution is -2.33. The Bertz CT molecular complexity index is 616. The van der Waals surface area contributed by atoms with Gasteiger partial charge < -0.3 is 10.6 Å². The first-order valence-electron chi connectivity index (χ1n) is 6.37. The van der Waals surface area contributed by atoms with Gasteiger partial charge in [0.2, 0.25) is 0 Å². The van der Waals surface area contributed by atoms with E-state index in [0.29, 0.717) is 18.7 Å². The van der Waals surface area contributed by atoms with Crippen molar-refractivity contribution in [1.82, 2.24) is 5.32 Å². The van der Waals surface area contributed by atoms with Gasteiger partial charge in [-0.05, 0) is 37.0 Å². The zero-order valence-electron chi connectivity index (χ0n) is 11.1. The molecule has 5 nitrogen and oxygen atoms in total. The van der Waals surface area contributed by atoms with Crippen LogP contribution in [0.4, 0.5) is 10.5 Å². The van der Waals surface area contributed by atoms with Gasteiger partial charge in [0.15, 0.2) is 9.84 Å². The molecule has 2 amide bonds. The van der Waals surface area contributed by atoms with Crippen molar-refractivity contribution < 1.29 is 13.2 Å². The average molecular weight is 361 g/mol. The van der Waals surface area contributed by atoms with E-state index in [1.807, 2.05) is 25.1 Å². The van der Waals surface area contributed by atoms with Crippen molar-refractivity contribution in [1.29, 1.82) is 0 Å². The number of anilines is 1. The second-order valence-electron chi connectivity index (χ2n) is 5.07. The van der Waals surface area contributed by atoms with Crippen LogP contribution >= 0.6 is 15.9 Å². The lowest BCUT2D eigenvalue weighted by molar-refractivity contribution is 0.250. The first-order valence-corrected chi connectivity index (χ1v) is 8.98. The number of nitrogens with one attached hydrogen (secondary N) is 2. The summed E-state index contributed by atoms with van der Waals surface area (Å²) in [5.41, 5.74) is 1.78. The molecule has 1 aliphatic rings. The summed E-state index contributed by atoms with van der Waals surface area (Å²) in [6.45, 7) is 2.35. The lowest BCUT2D eigenvalue weighted by atomic mass is 10.1. The van der Waals surface area contributed by atoms with Crippen LogP contribution in [0.1, 0.15) is 12.0 Å². The molecule has 1 fully saturated rings.